The highest BCUT2D eigenvalue weighted by Gasteiger charge is 2.18. The highest BCUT2D eigenvalue weighted by Crippen LogP contribution is 2.23. The molecule has 0 unspecified atom stereocenters. The number of carbonyl (C=O) groups is 1. The number of hydrogen-bond donors (Lipinski definition) is 0. The molecule has 0 N–H and O–H groups in total. The van der Waals surface area contributed by atoms with Crippen molar-refractivity contribution in [1.82, 2.24) is 4.90 Å². The van der Waals surface area contributed by atoms with Crippen molar-refractivity contribution in [2.45, 2.75) is 13.3 Å². The summed E-state index contributed by atoms with van der Waals surface area (Å²) in [7, 11) is 2.17. The van der Waals surface area contributed by atoms with Gasteiger partial charge in [0, 0.05) is 51.0 Å². The van der Waals surface area contributed by atoms with E-state index in [4.69, 9.17) is 0 Å². The predicted molar refractivity (Wildman–Crippen MR) is 104 cm³/mol. The van der Waals surface area contributed by atoms with Crippen molar-refractivity contribution < 1.29 is 4.79 Å². The van der Waals surface area contributed by atoms with E-state index in [1.165, 1.54) is 11.3 Å². The van der Waals surface area contributed by atoms with Crippen LogP contribution in [0.2, 0.25) is 0 Å². The largest absolute Gasteiger partial charge is 0.369 e. The van der Waals surface area contributed by atoms with Crippen LogP contribution in [0, 0.1) is 0 Å². The lowest BCUT2D eigenvalue weighted by Gasteiger charge is -2.35. The lowest BCUT2D eigenvalue weighted by Crippen LogP contribution is -2.44. The summed E-state index contributed by atoms with van der Waals surface area (Å²) in [4.78, 5) is 18.8. The van der Waals surface area contributed by atoms with Gasteiger partial charge in [0.2, 0.25) is 5.91 Å². The molecule has 25 heavy (non-hydrogen) atoms. The molecule has 2 aromatic rings. The number of para-hydroxylation sites is 2. The monoisotopic (exact) mass is 337 g/mol. The number of piperazine rings is 1. The molecule has 1 heterocycles. The fourth-order valence-corrected chi connectivity index (χ4v) is 3.39. The SMILES string of the molecule is CC(=O)N(CCc1ccccc1N1CCN(C)CC1)c1ccccc1. The minimum absolute atomic E-state index is 0.0864. The number of rotatable bonds is 5. The quantitative estimate of drug-likeness (QED) is 0.839. The highest BCUT2D eigenvalue weighted by molar-refractivity contribution is 5.91. The molecular formula is C21H27N3O. The van der Waals surface area contributed by atoms with Crippen LogP contribution in [0.3, 0.4) is 0 Å². The Bertz CT molecular complexity index is 693. The van der Waals surface area contributed by atoms with Crippen LogP contribution >= 0.6 is 0 Å². The molecule has 0 saturated carbocycles. The van der Waals surface area contributed by atoms with Crippen molar-refractivity contribution in [2.75, 3.05) is 49.6 Å². The van der Waals surface area contributed by atoms with Crippen LogP contribution in [-0.2, 0) is 11.2 Å². The summed E-state index contributed by atoms with van der Waals surface area (Å²) in [6.45, 7) is 6.64. The van der Waals surface area contributed by atoms with Gasteiger partial charge in [0.1, 0.15) is 0 Å². The molecule has 132 valence electrons. The Labute approximate surface area is 150 Å². The first kappa shape index (κ1) is 17.5. The van der Waals surface area contributed by atoms with Gasteiger partial charge in [0.15, 0.2) is 0 Å². The molecule has 0 radical (unpaired) electrons. The van der Waals surface area contributed by atoms with Crippen molar-refractivity contribution in [3.8, 4) is 0 Å². The smallest absolute Gasteiger partial charge is 0.223 e. The second-order valence-corrected chi connectivity index (χ2v) is 6.68. The molecule has 1 amide bonds. The fourth-order valence-electron chi connectivity index (χ4n) is 3.39. The van der Waals surface area contributed by atoms with Crippen LogP contribution in [0.5, 0.6) is 0 Å². The van der Waals surface area contributed by atoms with Crippen LogP contribution in [0.25, 0.3) is 0 Å². The fraction of sp³-hybridized carbons (Fsp3) is 0.381. The van der Waals surface area contributed by atoms with E-state index in [9.17, 15) is 4.79 Å². The average Bonchev–Trinajstić information content (AvgIpc) is 2.64. The summed E-state index contributed by atoms with van der Waals surface area (Å²) >= 11 is 0. The van der Waals surface area contributed by atoms with Gasteiger partial charge >= 0.3 is 0 Å². The number of anilines is 2. The Balaban J connectivity index is 1.73. The number of benzene rings is 2. The van der Waals surface area contributed by atoms with Gasteiger partial charge in [-0.2, -0.15) is 0 Å². The Hall–Kier alpha value is -2.33. The highest BCUT2D eigenvalue weighted by atomic mass is 16.2. The predicted octanol–water partition coefficient (Wildman–Crippen LogP) is 3.03. The first-order valence-corrected chi connectivity index (χ1v) is 8.99. The van der Waals surface area contributed by atoms with Crippen LogP contribution < -0.4 is 9.80 Å². The molecular weight excluding hydrogens is 310 g/mol. The van der Waals surface area contributed by atoms with E-state index in [0.717, 1.165) is 38.3 Å². The van der Waals surface area contributed by atoms with Gasteiger partial charge in [-0.3, -0.25) is 4.79 Å². The van der Waals surface area contributed by atoms with Crippen molar-refractivity contribution in [3.05, 3.63) is 60.2 Å². The Morgan fingerprint density at radius 3 is 2.28 bits per heavy atom. The summed E-state index contributed by atoms with van der Waals surface area (Å²) < 4.78 is 0. The Morgan fingerprint density at radius 1 is 0.960 bits per heavy atom. The van der Waals surface area contributed by atoms with Gasteiger partial charge in [-0.25, -0.2) is 0 Å². The van der Waals surface area contributed by atoms with Crippen LogP contribution in [0.4, 0.5) is 11.4 Å². The first-order valence-electron chi connectivity index (χ1n) is 8.99. The second kappa shape index (κ2) is 8.17. The summed E-state index contributed by atoms with van der Waals surface area (Å²) in [6, 6.07) is 18.5. The normalized spacial score (nSPS) is 15.2. The van der Waals surface area contributed by atoms with Gasteiger partial charge in [0.25, 0.3) is 0 Å². The first-order chi connectivity index (χ1) is 12.1. The minimum Gasteiger partial charge on any atom is -0.369 e. The molecule has 2 aromatic carbocycles. The third-order valence-electron chi connectivity index (χ3n) is 4.89. The van der Waals surface area contributed by atoms with Crippen molar-refractivity contribution >= 4 is 17.3 Å². The number of nitrogens with zero attached hydrogens (tertiary/aromatic N) is 3. The maximum Gasteiger partial charge on any atom is 0.223 e. The molecule has 1 aliphatic rings. The molecule has 0 spiro atoms. The summed E-state index contributed by atoms with van der Waals surface area (Å²) in [5.74, 6) is 0.0864. The zero-order valence-corrected chi connectivity index (χ0v) is 15.2. The topological polar surface area (TPSA) is 26.8 Å². The molecule has 1 fully saturated rings. The summed E-state index contributed by atoms with van der Waals surface area (Å²) in [6.07, 6.45) is 0.858. The van der Waals surface area contributed by atoms with Gasteiger partial charge in [0.05, 0.1) is 0 Å². The van der Waals surface area contributed by atoms with Gasteiger partial charge in [-0.15, -0.1) is 0 Å². The van der Waals surface area contributed by atoms with Crippen LogP contribution in [-0.4, -0.2) is 50.6 Å². The minimum atomic E-state index is 0.0864. The molecule has 0 bridgehead atoms. The second-order valence-electron chi connectivity index (χ2n) is 6.68. The van der Waals surface area contributed by atoms with E-state index in [2.05, 4.69) is 41.1 Å². The Morgan fingerprint density at radius 2 is 1.60 bits per heavy atom. The lowest BCUT2D eigenvalue weighted by molar-refractivity contribution is -0.116. The van der Waals surface area contributed by atoms with Gasteiger partial charge < -0.3 is 14.7 Å². The Kier molecular flexibility index (Phi) is 5.71. The van der Waals surface area contributed by atoms with Crippen LogP contribution in [0.15, 0.2) is 54.6 Å². The maximum atomic E-state index is 12.1. The summed E-state index contributed by atoms with van der Waals surface area (Å²) in [5.41, 5.74) is 3.59. The maximum absolute atomic E-state index is 12.1. The zero-order valence-electron chi connectivity index (χ0n) is 15.2. The standard InChI is InChI=1S/C21H27N3O/c1-18(25)24(20-9-4-3-5-10-20)13-12-19-8-6-7-11-21(19)23-16-14-22(2)15-17-23/h3-11H,12-17H2,1-2H3. The van der Waals surface area contributed by atoms with Crippen molar-refractivity contribution in [1.29, 1.82) is 0 Å². The third kappa shape index (κ3) is 4.40. The molecule has 0 aliphatic carbocycles. The average molecular weight is 337 g/mol. The van der Waals surface area contributed by atoms with Crippen molar-refractivity contribution in [2.24, 2.45) is 0 Å². The third-order valence-corrected chi connectivity index (χ3v) is 4.89. The molecule has 0 aromatic heterocycles. The van der Waals surface area contributed by atoms with E-state index in [-0.39, 0.29) is 5.91 Å². The molecule has 1 aliphatic heterocycles. The van der Waals surface area contributed by atoms with E-state index in [1.807, 2.05) is 35.2 Å². The molecule has 4 nitrogen and oxygen atoms in total. The number of carbonyl (C=O) groups excluding carboxylic acids is 1. The lowest BCUT2D eigenvalue weighted by atomic mass is 10.1. The van der Waals surface area contributed by atoms with Crippen molar-refractivity contribution in [3.63, 3.8) is 0 Å². The van der Waals surface area contributed by atoms with Crippen LogP contribution in [0.1, 0.15) is 12.5 Å². The number of amides is 1. The molecule has 3 rings (SSSR count). The molecule has 1 saturated heterocycles. The van der Waals surface area contributed by atoms with Gasteiger partial charge in [-0.1, -0.05) is 36.4 Å². The van der Waals surface area contributed by atoms with E-state index in [0.29, 0.717) is 6.54 Å². The van der Waals surface area contributed by atoms with Gasteiger partial charge in [-0.05, 0) is 37.2 Å². The number of likely N-dealkylation sites (N-methyl/N-ethyl adjacent to an activating group) is 1. The van der Waals surface area contributed by atoms with E-state index < -0.39 is 0 Å². The molecule has 0 atom stereocenters. The van der Waals surface area contributed by atoms with E-state index in [1.54, 1.807) is 6.92 Å². The molecule has 4 heteroatoms. The van der Waals surface area contributed by atoms with E-state index >= 15 is 0 Å². The summed E-state index contributed by atoms with van der Waals surface area (Å²) in [5, 5.41) is 0. The zero-order chi connectivity index (χ0) is 17.6. The number of hydrogen-bond acceptors (Lipinski definition) is 3.